The summed E-state index contributed by atoms with van der Waals surface area (Å²) in [5.41, 5.74) is 2.14. The summed E-state index contributed by atoms with van der Waals surface area (Å²) >= 11 is 0. The van der Waals surface area contributed by atoms with Gasteiger partial charge < -0.3 is 0 Å². The van der Waals surface area contributed by atoms with Crippen LogP contribution in [0.5, 0.6) is 0 Å². The second kappa shape index (κ2) is 15.4. The molecule has 2 aromatic carbocycles. The van der Waals surface area contributed by atoms with E-state index >= 15 is 0 Å². The van der Waals surface area contributed by atoms with Gasteiger partial charge in [0.1, 0.15) is 0 Å². The first-order valence-electron chi connectivity index (χ1n) is 6.18. The zero-order valence-electron chi connectivity index (χ0n) is 12.1. The minimum Gasteiger partial charge on any atom is -0.199 e. The Labute approximate surface area is 139 Å². The summed E-state index contributed by atoms with van der Waals surface area (Å²) in [4.78, 5) is 0. The van der Waals surface area contributed by atoms with Crippen molar-refractivity contribution in [1.82, 2.24) is 0 Å². The van der Waals surface area contributed by atoms with Crippen LogP contribution in [0.4, 0.5) is 0 Å². The van der Waals surface area contributed by atoms with Gasteiger partial charge in [0.25, 0.3) is 0 Å². The molecule has 0 unspecified atom stereocenters. The summed E-state index contributed by atoms with van der Waals surface area (Å²) < 4.78 is 0. The van der Waals surface area contributed by atoms with Crippen molar-refractivity contribution >= 4 is 0 Å². The Kier molecular flexibility index (Phi) is 16.0. The Morgan fingerprint density at radius 1 is 0.800 bits per heavy atom. The Morgan fingerprint density at radius 3 is 1.25 bits per heavy atom. The first kappa shape index (κ1) is 20.7. The maximum atomic E-state index is 3.72. The minimum absolute atomic E-state index is 0. The van der Waals surface area contributed by atoms with Crippen LogP contribution in [0, 0.1) is 13.8 Å². The van der Waals surface area contributed by atoms with E-state index in [1.807, 2.05) is 79.7 Å². The molecule has 0 nitrogen and oxygen atoms in total. The van der Waals surface area contributed by atoms with Crippen molar-refractivity contribution < 1.29 is 21.7 Å². The molecule has 0 aliphatic rings. The molecule has 0 radical (unpaired) electrons. The van der Waals surface area contributed by atoms with E-state index in [1.165, 1.54) is 0 Å². The van der Waals surface area contributed by atoms with Gasteiger partial charge in [-0.25, -0.2) is 0 Å². The molecular formula is C19H22Ti. The van der Waals surface area contributed by atoms with Crippen LogP contribution in [0.25, 0.3) is 0 Å². The van der Waals surface area contributed by atoms with E-state index in [1.54, 1.807) is 6.08 Å². The molecule has 0 saturated carbocycles. The average Bonchev–Trinajstić information content (AvgIpc) is 2.43. The molecule has 0 fully saturated rings. The molecular weight excluding hydrogens is 276 g/mol. The van der Waals surface area contributed by atoms with Crippen LogP contribution in [0.1, 0.15) is 18.1 Å². The van der Waals surface area contributed by atoms with Gasteiger partial charge in [-0.05, 0) is 6.92 Å². The molecule has 0 spiro atoms. The van der Waals surface area contributed by atoms with E-state index in [9.17, 15) is 0 Å². The number of allylic oxidation sites excluding steroid dienone is 3. The molecule has 0 heterocycles. The fourth-order valence-corrected chi connectivity index (χ4v) is 1.09. The predicted molar refractivity (Wildman–Crippen MR) is 86.8 cm³/mol. The Morgan fingerprint density at radius 2 is 1.15 bits per heavy atom. The van der Waals surface area contributed by atoms with E-state index in [0.29, 0.717) is 0 Å². The normalized spacial score (nSPS) is 8.25. The van der Waals surface area contributed by atoms with Gasteiger partial charge in [-0.3, -0.25) is 0 Å². The Bertz CT molecular complexity index is 406. The second-order valence-electron chi connectivity index (χ2n) is 3.73. The van der Waals surface area contributed by atoms with E-state index in [2.05, 4.69) is 20.4 Å². The van der Waals surface area contributed by atoms with Crippen LogP contribution in [-0.4, -0.2) is 0 Å². The molecule has 0 bridgehead atoms. The van der Waals surface area contributed by atoms with Gasteiger partial charge >= 0.3 is 21.7 Å². The molecule has 0 aromatic heterocycles. The maximum Gasteiger partial charge on any atom is 2.00 e. The van der Waals surface area contributed by atoms with E-state index in [4.69, 9.17) is 0 Å². The summed E-state index contributed by atoms with van der Waals surface area (Å²) in [6.45, 7) is 12.9. The monoisotopic (exact) mass is 298 g/mol. The molecule has 20 heavy (non-hydrogen) atoms. The first-order valence-corrected chi connectivity index (χ1v) is 6.18. The van der Waals surface area contributed by atoms with Gasteiger partial charge in [0.05, 0.1) is 0 Å². The molecule has 0 amide bonds. The zero-order chi connectivity index (χ0) is 14.3. The van der Waals surface area contributed by atoms with Crippen LogP contribution < -0.4 is 0 Å². The van der Waals surface area contributed by atoms with Gasteiger partial charge in [0.2, 0.25) is 0 Å². The summed E-state index contributed by atoms with van der Waals surface area (Å²) in [5.74, 6) is 0. The molecule has 0 aliphatic heterocycles. The Balaban J connectivity index is 0. The fourth-order valence-electron chi connectivity index (χ4n) is 1.09. The third kappa shape index (κ3) is 14.4. The average molecular weight is 298 g/mol. The molecule has 0 aliphatic carbocycles. The van der Waals surface area contributed by atoms with Gasteiger partial charge in [0.15, 0.2) is 0 Å². The van der Waals surface area contributed by atoms with Crippen LogP contribution in [0.2, 0.25) is 0 Å². The van der Waals surface area contributed by atoms with Crippen LogP contribution >= 0.6 is 0 Å². The van der Waals surface area contributed by atoms with Crippen molar-refractivity contribution in [2.45, 2.75) is 6.92 Å². The standard InChI is InChI=1S/2C7H7.C5H8.Ti/c2*1-7-5-3-2-4-6-7;1-3-5-4-2;/h2*2-6H,1H2;3-5H,1H2,2H3;/q2*-1;;+2. The zero-order valence-corrected chi connectivity index (χ0v) is 13.7. The van der Waals surface area contributed by atoms with Crippen LogP contribution in [0.15, 0.2) is 85.5 Å². The third-order valence-electron chi connectivity index (χ3n) is 2.01. The van der Waals surface area contributed by atoms with Crippen molar-refractivity contribution in [1.29, 1.82) is 0 Å². The van der Waals surface area contributed by atoms with Crippen molar-refractivity contribution in [3.05, 3.63) is 110 Å². The van der Waals surface area contributed by atoms with E-state index in [-0.39, 0.29) is 21.7 Å². The summed E-state index contributed by atoms with van der Waals surface area (Å²) in [7, 11) is 0. The number of hydrogen-bond donors (Lipinski definition) is 0. The molecule has 2 aromatic rings. The molecule has 2 rings (SSSR count). The third-order valence-corrected chi connectivity index (χ3v) is 2.01. The predicted octanol–water partition coefficient (Wildman–Crippen LogP) is 5.48. The van der Waals surface area contributed by atoms with Gasteiger partial charge in [-0.15, -0.1) is 24.3 Å². The largest absolute Gasteiger partial charge is 2.00 e. The number of hydrogen-bond acceptors (Lipinski definition) is 0. The quantitative estimate of drug-likeness (QED) is 0.371. The number of rotatable bonds is 1. The van der Waals surface area contributed by atoms with Crippen LogP contribution in [-0.2, 0) is 21.7 Å². The molecule has 0 saturated heterocycles. The second-order valence-corrected chi connectivity index (χ2v) is 3.73. The van der Waals surface area contributed by atoms with E-state index in [0.717, 1.165) is 11.1 Å². The molecule has 102 valence electrons. The summed E-state index contributed by atoms with van der Waals surface area (Å²) in [6.07, 6.45) is 5.58. The maximum absolute atomic E-state index is 3.72. The van der Waals surface area contributed by atoms with Crippen molar-refractivity contribution in [2.75, 3.05) is 0 Å². The first-order chi connectivity index (χ1) is 9.20. The topological polar surface area (TPSA) is 0 Å². The van der Waals surface area contributed by atoms with Crippen molar-refractivity contribution in [2.24, 2.45) is 0 Å². The van der Waals surface area contributed by atoms with Crippen molar-refractivity contribution in [3.63, 3.8) is 0 Å². The fraction of sp³-hybridized carbons (Fsp3) is 0.0526. The number of benzene rings is 2. The van der Waals surface area contributed by atoms with Gasteiger partial charge in [-0.1, -0.05) is 36.9 Å². The molecule has 0 N–H and O–H groups in total. The molecule has 0 atom stereocenters. The Hall–Kier alpha value is -1.63. The SMILES string of the molecule is C=CC=CC.[CH2-]c1ccccc1.[CH2-]c1ccccc1.[Ti+2]. The summed E-state index contributed by atoms with van der Waals surface area (Å²) in [5, 5.41) is 0. The smallest absolute Gasteiger partial charge is 0.199 e. The van der Waals surface area contributed by atoms with Gasteiger partial charge in [0, 0.05) is 0 Å². The van der Waals surface area contributed by atoms with Crippen molar-refractivity contribution in [3.8, 4) is 0 Å². The van der Waals surface area contributed by atoms with E-state index < -0.39 is 0 Å². The van der Waals surface area contributed by atoms with Crippen LogP contribution in [0.3, 0.4) is 0 Å². The minimum atomic E-state index is 0. The van der Waals surface area contributed by atoms with Gasteiger partial charge in [-0.2, -0.15) is 49.2 Å². The molecule has 1 heteroatoms. The summed E-state index contributed by atoms with van der Waals surface area (Å²) in [6, 6.07) is 19.7.